The van der Waals surface area contributed by atoms with Crippen molar-refractivity contribution in [1.82, 2.24) is 5.32 Å². The molecule has 0 spiro atoms. The second kappa shape index (κ2) is 9.07. The van der Waals surface area contributed by atoms with Gasteiger partial charge < -0.3 is 15.4 Å². The number of amides is 2. The lowest BCUT2D eigenvalue weighted by Crippen LogP contribution is -2.29. The Morgan fingerprint density at radius 2 is 1.68 bits per heavy atom. The van der Waals surface area contributed by atoms with Gasteiger partial charge in [-0.05, 0) is 50.5 Å². The van der Waals surface area contributed by atoms with E-state index >= 15 is 0 Å². The van der Waals surface area contributed by atoms with Gasteiger partial charge >= 0.3 is 0 Å². The first-order valence-corrected chi connectivity index (χ1v) is 7.70. The van der Waals surface area contributed by atoms with Gasteiger partial charge in [0, 0.05) is 12.2 Å². The second-order valence-electron chi connectivity index (χ2n) is 5.95. The summed E-state index contributed by atoms with van der Waals surface area (Å²) in [7, 11) is 0. The Hall–Kier alpha value is -2.04. The van der Waals surface area contributed by atoms with E-state index in [1.54, 1.807) is 24.3 Å². The monoisotopic (exact) mass is 306 g/mol. The van der Waals surface area contributed by atoms with Gasteiger partial charge in [0.05, 0.1) is 6.10 Å². The molecule has 0 unspecified atom stereocenters. The van der Waals surface area contributed by atoms with E-state index in [1.807, 2.05) is 13.8 Å². The molecule has 2 N–H and O–H groups in total. The van der Waals surface area contributed by atoms with Crippen molar-refractivity contribution in [2.24, 2.45) is 5.92 Å². The highest BCUT2D eigenvalue weighted by Crippen LogP contribution is 2.17. The molecule has 0 aliphatic carbocycles. The molecule has 0 bridgehead atoms. The molecule has 0 aliphatic rings. The summed E-state index contributed by atoms with van der Waals surface area (Å²) in [5.74, 6) is 0.706. The Labute approximate surface area is 132 Å². The van der Waals surface area contributed by atoms with E-state index in [9.17, 15) is 9.59 Å². The van der Waals surface area contributed by atoms with Crippen LogP contribution in [-0.2, 0) is 9.59 Å². The van der Waals surface area contributed by atoms with Gasteiger partial charge in [-0.1, -0.05) is 13.8 Å². The van der Waals surface area contributed by atoms with Gasteiger partial charge in [0.1, 0.15) is 12.2 Å². The fourth-order valence-electron chi connectivity index (χ4n) is 1.80. The van der Waals surface area contributed by atoms with Crippen LogP contribution in [0.1, 0.15) is 40.5 Å². The second-order valence-corrected chi connectivity index (χ2v) is 5.95. The van der Waals surface area contributed by atoms with Gasteiger partial charge in [0.15, 0.2) is 0 Å². The molecule has 1 aromatic carbocycles. The van der Waals surface area contributed by atoms with Crippen molar-refractivity contribution in [3.8, 4) is 5.75 Å². The maximum Gasteiger partial charge on any atom is 0.233 e. The summed E-state index contributed by atoms with van der Waals surface area (Å²) in [4.78, 5) is 23.4. The van der Waals surface area contributed by atoms with Gasteiger partial charge in [0.2, 0.25) is 11.8 Å². The summed E-state index contributed by atoms with van der Waals surface area (Å²) in [6, 6.07) is 7.09. The lowest BCUT2D eigenvalue weighted by atomic mass is 10.1. The standard InChI is InChI=1S/C17H26N2O3/c1-12(2)9-10-18-16(20)11-17(21)19-14-5-7-15(8-6-14)22-13(3)4/h5-8,12-13H,9-11H2,1-4H3,(H,18,20)(H,19,21). The van der Waals surface area contributed by atoms with E-state index in [-0.39, 0.29) is 24.3 Å². The van der Waals surface area contributed by atoms with Crippen molar-refractivity contribution in [2.75, 3.05) is 11.9 Å². The molecular weight excluding hydrogens is 280 g/mol. The number of ether oxygens (including phenoxy) is 1. The van der Waals surface area contributed by atoms with Crippen LogP contribution < -0.4 is 15.4 Å². The predicted octanol–water partition coefficient (Wildman–Crippen LogP) is 2.96. The average molecular weight is 306 g/mol. The first-order chi connectivity index (χ1) is 10.4. The number of hydrogen-bond acceptors (Lipinski definition) is 3. The quantitative estimate of drug-likeness (QED) is 0.726. The Balaban J connectivity index is 2.36. The van der Waals surface area contributed by atoms with Crippen LogP contribution in [0.4, 0.5) is 5.69 Å². The third-order valence-corrected chi connectivity index (χ3v) is 2.87. The fourth-order valence-corrected chi connectivity index (χ4v) is 1.80. The van der Waals surface area contributed by atoms with Crippen LogP contribution in [0, 0.1) is 5.92 Å². The normalized spacial score (nSPS) is 10.6. The Bertz CT molecular complexity index is 481. The third kappa shape index (κ3) is 7.67. The fraction of sp³-hybridized carbons (Fsp3) is 0.529. The Morgan fingerprint density at radius 3 is 2.23 bits per heavy atom. The zero-order valence-electron chi connectivity index (χ0n) is 13.8. The van der Waals surface area contributed by atoms with Crippen LogP contribution in [0.3, 0.4) is 0 Å². The lowest BCUT2D eigenvalue weighted by Gasteiger charge is -2.11. The zero-order chi connectivity index (χ0) is 16.5. The van der Waals surface area contributed by atoms with Gasteiger partial charge in [0.25, 0.3) is 0 Å². The molecule has 0 aromatic heterocycles. The van der Waals surface area contributed by atoms with Crippen LogP contribution in [0.2, 0.25) is 0 Å². The molecule has 0 fully saturated rings. The van der Waals surface area contributed by atoms with Crippen molar-refractivity contribution in [3.05, 3.63) is 24.3 Å². The first kappa shape index (κ1) is 18.0. The highest BCUT2D eigenvalue weighted by atomic mass is 16.5. The van der Waals surface area contributed by atoms with Crippen molar-refractivity contribution in [1.29, 1.82) is 0 Å². The molecule has 2 amide bonds. The maximum atomic E-state index is 11.8. The molecule has 5 nitrogen and oxygen atoms in total. The van der Waals surface area contributed by atoms with Gasteiger partial charge in [-0.15, -0.1) is 0 Å². The van der Waals surface area contributed by atoms with Gasteiger partial charge in [-0.25, -0.2) is 0 Å². The molecule has 5 heteroatoms. The van der Waals surface area contributed by atoms with Gasteiger partial charge in [-0.3, -0.25) is 9.59 Å². The number of anilines is 1. The number of hydrogen-bond donors (Lipinski definition) is 2. The maximum absolute atomic E-state index is 11.8. The van der Waals surface area contributed by atoms with Crippen molar-refractivity contribution in [2.45, 2.75) is 46.6 Å². The molecule has 0 heterocycles. The smallest absolute Gasteiger partial charge is 0.233 e. The summed E-state index contributed by atoms with van der Waals surface area (Å²) in [6.45, 7) is 8.68. The van der Waals surface area contributed by atoms with Crippen LogP contribution in [0.15, 0.2) is 24.3 Å². The van der Waals surface area contributed by atoms with Crippen LogP contribution in [0.25, 0.3) is 0 Å². The van der Waals surface area contributed by atoms with Crippen molar-refractivity contribution < 1.29 is 14.3 Å². The molecule has 0 radical (unpaired) electrons. The molecular formula is C17H26N2O3. The van der Waals surface area contributed by atoms with E-state index < -0.39 is 0 Å². The first-order valence-electron chi connectivity index (χ1n) is 7.70. The van der Waals surface area contributed by atoms with Crippen molar-refractivity contribution in [3.63, 3.8) is 0 Å². The van der Waals surface area contributed by atoms with Crippen LogP contribution >= 0.6 is 0 Å². The van der Waals surface area contributed by atoms with E-state index in [2.05, 4.69) is 24.5 Å². The minimum Gasteiger partial charge on any atom is -0.491 e. The minimum atomic E-state index is -0.320. The Kier molecular flexibility index (Phi) is 7.43. The van der Waals surface area contributed by atoms with E-state index in [4.69, 9.17) is 4.74 Å². The molecule has 0 aliphatic heterocycles. The SMILES string of the molecule is CC(C)CCNC(=O)CC(=O)Nc1ccc(OC(C)C)cc1. The molecule has 1 aromatic rings. The average Bonchev–Trinajstić information content (AvgIpc) is 2.39. The largest absolute Gasteiger partial charge is 0.491 e. The number of benzene rings is 1. The van der Waals surface area contributed by atoms with E-state index in [0.29, 0.717) is 18.2 Å². The van der Waals surface area contributed by atoms with Crippen molar-refractivity contribution >= 4 is 17.5 Å². The topological polar surface area (TPSA) is 67.4 Å². The van der Waals surface area contributed by atoms with Crippen LogP contribution in [-0.4, -0.2) is 24.5 Å². The summed E-state index contributed by atoms with van der Waals surface area (Å²) >= 11 is 0. The lowest BCUT2D eigenvalue weighted by molar-refractivity contribution is -0.126. The van der Waals surface area contributed by atoms with Crippen LogP contribution in [0.5, 0.6) is 5.75 Å². The minimum absolute atomic E-state index is 0.106. The van der Waals surface area contributed by atoms with E-state index in [0.717, 1.165) is 12.2 Å². The molecule has 22 heavy (non-hydrogen) atoms. The zero-order valence-corrected chi connectivity index (χ0v) is 13.8. The highest BCUT2D eigenvalue weighted by molar-refractivity contribution is 6.03. The molecule has 0 saturated heterocycles. The third-order valence-electron chi connectivity index (χ3n) is 2.87. The molecule has 0 saturated carbocycles. The summed E-state index contributed by atoms with van der Waals surface area (Å²) in [5, 5.41) is 5.44. The number of carbonyl (C=O) groups is 2. The van der Waals surface area contributed by atoms with Gasteiger partial charge in [-0.2, -0.15) is 0 Å². The molecule has 122 valence electrons. The highest BCUT2D eigenvalue weighted by Gasteiger charge is 2.09. The molecule has 0 atom stereocenters. The molecule has 1 rings (SSSR count). The number of rotatable bonds is 8. The Morgan fingerprint density at radius 1 is 1.05 bits per heavy atom. The number of carbonyl (C=O) groups excluding carboxylic acids is 2. The summed E-state index contributed by atoms with van der Waals surface area (Å²) in [6.07, 6.45) is 0.850. The van der Waals surface area contributed by atoms with E-state index in [1.165, 1.54) is 0 Å². The summed E-state index contributed by atoms with van der Waals surface area (Å²) in [5.41, 5.74) is 0.649. The number of nitrogens with one attached hydrogen (secondary N) is 2. The summed E-state index contributed by atoms with van der Waals surface area (Å²) < 4.78 is 5.53. The predicted molar refractivity (Wildman–Crippen MR) is 87.9 cm³/mol.